The molecule has 0 unspecified atom stereocenters. The Morgan fingerprint density at radius 1 is 1.17 bits per heavy atom. The highest BCUT2D eigenvalue weighted by Crippen LogP contribution is 2.20. The van der Waals surface area contributed by atoms with Crippen LogP contribution in [-0.4, -0.2) is 6.09 Å². The number of nitrogen functional groups attached to an aromatic ring is 1. The van der Waals surface area contributed by atoms with E-state index in [9.17, 15) is 4.79 Å². The van der Waals surface area contributed by atoms with E-state index in [2.05, 4.69) is 5.32 Å². The summed E-state index contributed by atoms with van der Waals surface area (Å²) in [7, 11) is 0. The zero-order chi connectivity index (χ0) is 13.0. The summed E-state index contributed by atoms with van der Waals surface area (Å²) < 4.78 is 5.06. The Labute approximate surface area is 109 Å². The maximum Gasteiger partial charge on any atom is 0.417 e. The lowest BCUT2D eigenvalue weighted by Gasteiger charge is -2.08. The van der Waals surface area contributed by atoms with Gasteiger partial charge in [-0.25, -0.2) is 4.79 Å². The van der Waals surface area contributed by atoms with Gasteiger partial charge in [-0.1, -0.05) is 29.8 Å². The number of carbonyl (C=O) groups is 1. The van der Waals surface area contributed by atoms with E-state index >= 15 is 0 Å². The number of benzene rings is 2. The smallest absolute Gasteiger partial charge is 0.410 e. The highest BCUT2D eigenvalue weighted by Gasteiger charge is 2.07. The quantitative estimate of drug-likeness (QED) is 0.814. The molecule has 2 rings (SSSR count). The number of hydrogen-bond acceptors (Lipinski definition) is 3. The molecule has 5 heteroatoms. The monoisotopic (exact) mass is 262 g/mol. The number of ether oxygens (including phenoxy) is 1. The lowest BCUT2D eigenvalue weighted by molar-refractivity contribution is 0.215. The molecule has 0 heterocycles. The van der Waals surface area contributed by atoms with E-state index in [1.165, 1.54) is 0 Å². The first-order chi connectivity index (χ1) is 8.65. The van der Waals surface area contributed by atoms with Crippen LogP contribution in [-0.2, 0) is 0 Å². The van der Waals surface area contributed by atoms with Gasteiger partial charge in [0.15, 0.2) is 0 Å². The van der Waals surface area contributed by atoms with Crippen molar-refractivity contribution in [1.29, 1.82) is 0 Å². The Kier molecular flexibility index (Phi) is 3.69. The summed E-state index contributed by atoms with van der Waals surface area (Å²) in [6, 6.07) is 13.5. The molecule has 0 saturated heterocycles. The van der Waals surface area contributed by atoms with Crippen LogP contribution in [0.25, 0.3) is 0 Å². The van der Waals surface area contributed by atoms with Gasteiger partial charge in [0.2, 0.25) is 0 Å². The molecule has 3 N–H and O–H groups in total. The molecule has 2 aromatic carbocycles. The molecule has 0 saturated carbocycles. The molecule has 0 radical (unpaired) electrons. The van der Waals surface area contributed by atoms with Crippen LogP contribution < -0.4 is 15.8 Å². The van der Waals surface area contributed by atoms with Crippen LogP contribution in [0.15, 0.2) is 48.5 Å². The van der Waals surface area contributed by atoms with Crippen molar-refractivity contribution in [2.45, 2.75) is 0 Å². The van der Waals surface area contributed by atoms with Crippen molar-refractivity contribution in [3.8, 4) is 5.75 Å². The second kappa shape index (κ2) is 5.42. The molecule has 0 aliphatic rings. The van der Waals surface area contributed by atoms with Crippen molar-refractivity contribution in [2.24, 2.45) is 0 Å². The summed E-state index contributed by atoms with van der Waals surface area (Å²) in [6.07, 6.45) is -0.616. The highest BCUT2D eigenvalue weighted by molar-refractivity contribution is 6.30. The third kappa shape index (κ3) is 3.15. The average molecular weight is 263 g/mol. The number of para-hydroxylation sites is 2. The van der Waals surface area contributed by atoms with Crippen LogP contribution in [0.2, 0.25) is 5.02 Å². The molecule has 0 bridgehead atoms. The minimum Gasteiger partial charge on any atom is -0.410 e. The topological polar surface area (TPSA) is 64.3 Å². The molecule has 0 atom stereocenters. The number of halogens is 1. The Morgan fingerprint density at radius 2 is 1.94 bits per heavy atom. The summed E-state index contributed by atoms with van der Waals surface area (Å²) in [5.74, 6) is 0.370. The van der Waals surface area contributed by atoms with Crippen LogP contribution in [0.3, 0.4) is 0 Å². The number of carbonyl (C=O) groups excluding carboxylic acids is 1. The van der Waals surface area contributed by atoms with E-state index in [-0.39, 0.29) is 0 Å². The summed E-state index contributed by atoms with van der Waals surface area (Å²) in [4.78, 5) is 11.6. The minimum atomic E-state index is -0.616. The van der Waals surface area contributed by atoms with Gasteiger partial charge in [-0.3, -0.25) is 5.32 Å². The third-order valence-electron chi connectivity index (χ3n) is 2.20. The number of nitrogens with one attached hydrogen (secondary N) is 1. The summed E-state index contributed by atoms with van der Waals surface area (Å²) in [5, 5.41) is 3.05. The Morgan fingerprint density at radius 3 is 2.67 bits per heavy atom. The predicted octanol–water partition coefficient (Wildman–Crippen LogP) is 3.53. The van der Waals surface area contributed by atoms with Crippen molar-refractivity contribution in [2.75, 3.05) is 11.1 Å². The Hall–Kier alpha value is -2.20. The third-order valence-corrected chi connectivity index (χ3v) is 2.44. The van der Waals surface area contributed by atoms with Gasteiger partial charge in [-0.15, -0.1) is 0 Å². The van der Waals surface area contributed by atoms with Crippen LogP contribution in [0, 0.1) is 0 Å². The molecule has 92 valence electrons. The van der Waals surface area contributed by atoms with Crippen LogP contribution >= 0.6 is 11.6 Å². The number of amides is 1. The molecule has 2 aromatic rings. The van der Waals surface area contributed by atoms with Crippen molar-refractivity contribution >= 4 is 29.1 Å². The van der Waals surface area contributed by atoms with Crippen LogP contribution in [0.4, 0.5) is 16.2 Å². The molecule has 0 aromatic heterocycles. The minimum absolute atomic E-state index is 0.370. The number of hydrogen-bond donors (Lipinski definition) is 2. The fourth-order valence-electron chi connectivity index (χ4n) is 1.38. The molecule has 0 aliphatic carbocycles. The maximum absolute atomic E-state index is 11.6. The standard InChI is InChI=1S/C13H11ClN2O2/c14-9-4-3-5-10(8-9)18-13(17)16-12-7-2-1-6-11(12)15/h1-8H,15H2,(H,16,17). The second-order valence-corrected chi connectivity index (χ2v) is 4.00. The second-order valence-electron chi connectivity index (χ2n) is 3.56. The fraction of sp³-hybridized carbons (Fsp3) is 0. The number of rotatable bonds is 2. The average Bonchev–Trinajstić information content (AvgIpc) is 2.32. The summed E-state index contributed by atoms with van der Waals surface area (Å²) >= 11 is 5.78. The van der Waals surface area contributed by atoms with Gasteiger partial charge in [-0.05, 0) is 30.3 Å². The zero-order valence-electron chi connectivity index (χ0n) is 9.39. The molecule has 1 amide bonds. The SMILES string of the molecule is Nc1ccccc1NC(=O)Oc1cccc(Cl)c1. The first-order valence-electron chi connectivity index (χ1n) is 5.24. The first-order valence-corrected chi connectivity index (χ1v) is 5.62. The maximum atomic E-state index is 11.6. The van der Waals surface area contributed by atoms with Gasteiger partial charge < -0.3 is 10.5 Å². The lowest BCUT2D eigenvalue weighted by atomic mass is 10.3. The zero-order valence-corrected chi connectivity index (χ0v) is 10.1. The van der Waals surface area contributed by atoms with Crippen molar-refractivity contribution in [1.82, 2.24) is 0 Å². The number of nitrogens with two attached hydrogens (primary N) is 1. The van der Waals surface area contributed by atoms with E-state index in [1.54, 1.807) is 48.5 Å². The van der Waals surface area contributed by atoms with E-state index in [4.69, 9.17) is 22.1 Å². The molecular formula is C13H11ClN2O2. The van der Waals surface area contributed by atoms with E-state index < -0.39 is 6.09 Å². The van der Waals surface area contributed by atoms with Crippen molar-refractivity contribution in [3.05, 3.63) is 53.6 Å². The van der Waals surface area contributed by atoms with Crippen molar-refractivity contribution < 1.29 is 9.53 Å². The first kappa shape index (κ1) is 12.3. The van der Waals surface area contributed by atoms with Gasteiger partial charge in [-0.2, -0.15) is 0 Å². The largest absolute Gasteiger partial charge is 0.417 e. The van der Waals surface area contributed by atoms with Gasteiger partial charge in [0, 0.05) is 5.02 Å². The van der Waals surface area contributed by atoms with E-state index in [0.717, 1.165) is 0 Å². The summed E-state index contributed by atoms with van der Waals surface area (Å²) in [6.45, 7) is 0. The molecule has 4 nitrogen and oxygen atoms in total. The van der Waals surface area contributed by atoms with Gasteiger partial charge in [0.05, 0.1) is 11.4 Å². The molecular weight excluding hydrogens is 252 g/mol. The van der Waals surface area contributed by atoms with Crippen LogP contribution in [0.1, 0.15) is 0 Å². The fourth-order valence-corrected chi connectivity index (χ4v) is 1.56. The van der Waals surface area contributed by atoms with Crippen molar-refractivity contribution in [3.63, 3.8) is 0 Å². The normalized spacial score (nSPS) is 9.83. The van der Waals surface area contributed by atoms with E-state index in [0.29, 0.717) is 22.1 Å². The van der Waals surface area contributed by atoms with Crippen LogP contribution in [0.5, 0.6) is 5.75 Å². The van der Waals surface area contributed by atoms with Gasteiger partial charge in [0.25, 0.3) is 0 Å². The van der Waals surface area contributed by atoms with Gasteiger partial charge >= 0.3 is 6.09 Å². The molecule has 0 fully saturated rings. The molecule has 0 spiro atoms. The lowest BCUT2D eigenvalue weighted by Crippen LogP contribution is -2.17. The van der Waals surface area contributed by atoms with E-state index in [1.807, 2.05) is 0 Å². The Bertz CT molecular complexity index is 572. The molecule has 0 aliphatic heterocycles. The molecule has 18 heavy (non-hydrogen) atoms. The highest BCUT2D eigenvalue weighted by atomic mass is 35.5. The Balaban J connectivity index is 2.03. The summed E-state index contributed by atoms with van der Waals surface area (Å²) in [5.41, 5.74) is 6.67. The van der Waals surface area contributed by atoms with Gasteiger partial charge in [0.1, 0.15) is 5.75 Å². The number of anilines is 2. The predicted molar refractivity (Wildman–Crippen MR) is 72.0 cm³/mol.